The summed E-state index contributed by atoms with van der Waals surface area (Å²) >= 11 is 0. The van der Waals surface area contributed by atoms with Crippen molar-refractivity contribution < 1.29 is 13.3 Å². The van der Waals surface area contributed by atoms with E-state index in [0.717, 1.165) is 38.5 Å². The zero-order chi connectivity index (χ0) is 18.1. The molecular formula is C18H28N2O4S. The Balaban J connectivity index is 2.09. The van der Waals surface area contributed by atoms with Crippen LogP contribution in [0.1, 0.15) is 70.6 Å². The third kappa shape index (κ3) is 6.40. The minimum atomic E-state index is -3.89. The Kier molecular flexibility index (Phi) is 7.84. The van der Waals surface area contributed by atoms with Gasteiger partial charge in [0.25, 0.3) is 5.69 Å². The molecule has 0 aromatic heterocycles. The molecule has 1 saturated carbocycles. The minimum absolute atomic E-state index is 0.149. The summed E-state index contributed by atoms with van der Waals surface area (Å²) in [4.78, 5) is 10.2. The van der Waals surface area contributed by atoms with Gasteiger partial charge in [-0.15, -0.1) is 0 Å². The third-order valence-corrected chi connectivity index (χ3v) is 6.35. The molecule has 1 N–H and O–H groups in total. The molecule has 0 atom stereocenters. The fourth-order valence-corrected chi connectivity index (χ4v) is 4.88. The molecule has 140 valence electrons. The fraction of sp³-hybridized carbons (Fsp3) is 0.667. The van der Waals surface area contributed by atoms with Crippen molar-refractivity contribution in [3.63, 3.8) is 0 Å². The summed E-state index contributed by atoms with van der Waals surface area (Å²) in [6, 6.07) is 5.38. The number of para-hydroxylation sites is 1. The molecule has 0 amide bonds. The topological polar surface area (TPSA) is 89.3 Å². The van der Waals surface area contributed by atoms with E-state index in [0.29, 0.717) is 0 Å². The summed E-state index contributed by atoms with van der Waals surface area (Å²) in [5.74, 6) is 0. The van der Waals surface area contributed by atoms with Gasteiger partial charge in [-0.2, -0.15) is 0 Å². The lowest BCUT2D eigenvalue weighted by molar-refractivity contribution is -0.387. The van der Waals surface area contributed by atoms with Gasteiger partial charge in [-0.3, -0.25) is 10.1 Å². The number of benzene rings is 1. The van der Waals surface area contributed by atoms with E-state index in [2.05, 4.69) is 4.72 Å². The van der Waals surface area contributed by atoms with Crippen molar-refractivity contribution in [1.29, 1.82) is 0 Å². The summed E-state index contributed by atoms with van der Waals surface area (Å²) in [5.41, 5.74) is -0.372. The number of sulfonamides is 1. The first-order chi connectivity index (χ1) is 12.0. The largest absolute Gasteiger partial charge is 0.289 e. The average molecular weight is 368 g/mol. The van der Waals surface area contributed by atoms with Gasteiger partial charge in [0.15, 0.2) is 4.90 Å². The van der Waals surface area contributed by atoms with Crippen molar-refractivity contribution in [3.05, 3.63) is 34.4 Å². The van der Waals surface area contributed by atoms with Crippen LogP contribution in [-0.2, 0) is 10.0 Å². The Bertz CT molecular complexity index is 649. The van der Waals surface area contributed by atoms with Crippen molar-refractivity contribution in [3.8, 4) is 0 Å². The number of nitro groups is 1. The van der Waals surface area contributed by atoms with Gasteiger partial charge in [-0.25, -0.2) is 13.1 Å². The Morgan fingerprint density at radius 1 is 0.880 bits per heavy atom. The summed E-state index contributed by atoms with van der Waals surface area (Å²) in [5, 5.41) is 11.1. The second kappa shape index (κ2) is 9.87. The number of nitrogens with one attached hydrogen (secondary N) is 1. The van der Waals surface area contributed by atoms with Crippen molar-refractivity contribution >= 4 is 15.7 Å². The van der Waals surface area contributed by atoms with E-state index in [1.807, 2.05) is 0 Å². The van der Waals surface area contributed by atoms with Gasteiger partial charge in [-0.05, 0) is 18.9 Å². The monoisotopic (exact) mass is 368 g/mol. The first-order valence-corrected chi connectivity index (χ1v) is 10.7. The number of rotatable bonds is 4. The summed E-state index contributed by atoms with van der Waals surface area (Å²) in [7, 11) is -3.89. The molecule has 25 heavy (non-hydrogen) atoms. The van der Waals surface area contributed by atoms with Crippen LogP contribution in [-0.4, -0.2) is 19.4 Å². The second-order valence-electron chi connectivity index (χ2n) is 6.80. The molecule has 1 aromatic rings. The predicted molar refractivity (Wildman–Crippen MR) is 98.0 cm³/mol. The lowest BCUT2D eigenvalue weighted by Crippen LogP contribution is -2.35. The van der Waals surface area contributed by atoms with Gasteiger partial charge in [-0.1, -0.05) is 69.9 Å². The molecule has 0 radical (unpaired) electrons. The molecule has 0 aliphatic heterocycles. The van der Waals surface area contributed by atoms with E-state index in [4.69, 9.17) is 0 Å². The van der Waals surface area contributed by atoms with E-state index in [-0.39, 0.29) is 16.6 Å². The van der Waals surface area contributed by atoms with Crippen LogP contribution in [0.25, 0.3) is 0 Å². The van der Waals surface area contributed by atoms with E-state index in [1.54, 1.807) is 0 Å². The van der Waals surface area contributed by atoms with Crippen molar-refractivity contribution in [2.75, 3.05) is 0 Å². The van der Waals surface area contributed by atoms with Gasteiger partial charge in [0.1, 0.15) is 0 Å². The quantitative estimate of drug-likeness (QED) is 0.624. The van der Waals surface area contributed by atoms with Crippen LogP contribution in [0.3, 0.4) is 0 Å². The second-order valence-corrected chi connectivity index (χ2v) is 8.48. The molecule has 0 spiro atoms. The fourth-order valence-electron chi connectivity index (χ4n) is 3.40. The first kappa shape index (κ1) is 19.8. The molecule has 1 aromatic carbocycles. The van der Waals surface area contributed by atoms with E-state index < -0.39 is 14.9 Å². The molecule has 1 fully saturated rings. The number of nitrogens with zero attached hydrogens (tertiary/aromatic N) is 1. The molecule has 2 rings (SSSR count). The van der Waals surface area contributed by atoms with Crippen LogP contribution >= 0.6 is 0 Å². The van der Waals surface area contributed by atoms with Gasteiger partial charge >= 0.3 is 0 Å². The Labute approximate surface area is 150 Å². The highest BCUT2D eigenvalue weighted by molar-refractivity contribution is 7.89. The maximum absolute atomic E-state index is 12.7. The molecule has 0 bridgehead atoms. The van der Waals surface area contributed by atoms with Crippen molar-refractivity contribution in [1.82, 2.24) is 4.72 Å². The lowest BCUT2D eigenvalue weighted by Gasteiger charge is -2.19. The molecule has 1 aliphatic carbocycles. The number of hydrogen-bond donors (Lipinski definition) is 1. The number of hydrogen-bond acceptors (Lipinski definition) is 4. The highest BCUT2D eigenvalue weighted by Gasteiger charge is 2.27. The van der Waals surface area contributed by atoms with Crippen LogP contribution in [0.4, 0.5) is 5.69 Å². The maximum atomic E-state index is 12.7. The predicted octanol–water partition coefficient (Wildman–Crippen LogP) is 4.55. The SMILES string of the molecule is O=[N+]([O-])c1ccccc1S(=O)(=O)NC1CCCCCCCCCCC1. The zero-order valence-corrected chi connectivity index (χ0v) is 15.5. The first-order valence-electron chi connectivity index (χ1n) is 9.26. The van der Waals surface area contributed by atoms with E-state index >= 15 is 0 Å². The summed E-state index contributed by atoms with van der Waals surface area (Å²) < 4.78 is 28.1. The average Bonchev–Trinajstić information content (AvgIpc) is 2.57. The molecule has 7 heteroatoms. The standard InChI is InChI=1S/C18H28N2O4S/c21-20(22)17-14-10-11-15-18(17)25(23,24)19-16-12-8-6-4-2-1-3-5-7-9-13-16/h10-11,14-16,19H,1-9,12-13H2. The zero-order valence-electron chi connectivity index (χ0n) is 14.7. The van der Waals surface area contributed by atoms with Gasteiger partial charge < -0.3 is 0 Å². The van der Waals surface area contributed by atoms with Crippen LogP contribution in [0, 0.1) is 10.1 Å². The van der Waals surface area contributed by atoms with Gasteiger partial charge in [0.05, 0.1) is 4.92 Å². The van der Waals surface area contributed by atoms with Gasteiger partial charge in [0, 0.05) is 12.1 Å². The van der Waals surface area contributed by atoms with E-state index in [1.165, 1.54) is 56.4 Å². The van der Waals surface area contributed by atoms with Gasteiger partial charge in [0.2, 0.25) is 10.0 Å². The molecule has 0 heterocycles. The third-order valence-electron chi connectivity index (χ3n) is 4.78. The molecule has 0 unspecified atom stereocenters. The van der Waals surface area contributed by atoms with Crippen molar-refractivity contribution in [2.24, 2.45) is 0 Å². The molecule has 1 aliphatic rings. The van der Waals surface area contributed by atoms with Crippen LogP contribution in [0.15, 0.2) is 29.2 Å². The van der Waals surface area contributed by atoms with Crippen LogP contribution in [0.5, 0.6) is 0 Å². The number of nitro benzene ring substituents is 1. The summed E-state index contributed by atoms with van der Waals surface area (Å²) in [6.45, 7) is 0. The van der Waals surface area contributed by atoms with Crippen molar-refractivity contribution in [2.45, 2.75) is 81.6 Å². The highest BCUT2D eigenvalue weighted by atomic mass is 32.2. The minimum Gasteiger partial charge on any atom is -0.258 e. The smallest absolute Gasteiger partial charge is 0.258 e. The highest BCUT2D eigenvalue weighted by Crippen LogP contribution is 2.24. The molecule has 6 nitrogen and oxygen atoms in total. The Morgan fingerprint density at radius 3 is 1.88 bits per heavy atom. The normalized spacial score (nSPS) is 18.9. The van der Waals surface area contributed by atoms with Crippen LogP contribution in [0.2, 0.25) is 0 Å². The maximum Gasteiger partial charge on any atom is 0.289 e. The molecule has 0 saturated heterocycles. The summed E-state index contributed by atoms with van der Waals surface area (Å²) in [6.07, 6.45) is 12.0. The molecular weight excluding hydrogens is 340 g/mol. The Hall–Kier alpha value is -1.47. The lowest BCUT2D eigenvalue weighted by atomic mass is 9.98. The Morgan fingerprint density at radius 2 is 1.36 bits per heavy atom. The van der Waals surface area contributed by atoms with Crippen LogP contribution < -0.4 is 4.72 Å². The van der Waals surface area contributed by atoms with E-state index in [9.17, 15) is 18.5 Å².